The van der Waals surface area contributed by atoms with Gasteiger partial charge in [0, 0.05) is 22.2 Å². The Morgan fingerprint density at radius 1 is 1.11 bits per heavy atom. The zero-order chi connectivity index (χ0) is 19.8. The lowest BCUT2D eigenvalue weighted by Gasteiger charge is -2.41. The number of fused-ring (bicyclic) bond motifs is 1. The van der Waals surface area contributed by atoms with Gasteiger partial charge < -0.3 is 9.16 Å². The number of rotatable bonds is 4. The van der Waals surface area contributed by atoms with Gasteiger partial charge in [-0.1, -0.05) is 36.7 Å². The van der Waals surface area contributed by atoms with Crippen molar-refractivity contribution >= 4 is 46.8 Å². The molecule has 0 aliphatic heterocycles. The van der Waals surface area contributed by atoms with Crippen molar-refractivity contribution in [3.8, 4) is 5.75 Å². The molecule has 7 heteroatoms. The fourth-order valence-corrected chi connectivity index (χ4v) is 5.20. The number of nitrogens with zero attached hydrogens (tertiary/aromatic N) is 2. The summed E-state index contributed by atoms with van der Waals surface area (Å²) in [5.41, 5.74) is 0.762. The highest BCUT2D eigenvalue weighted by atomic mass is 79.9. The van der Waals surface area contributed by atoms with E-state index in [0.29, 0.717) is 6.10 Å². The van der Waals surface area contributed by atoms with Gasteiger partial charge in [0.2, 0.25) is 5.28 Å². The molecule has 0 bridgehead atoms. The highest BCUT2D eigenvalue weighted by Gasteiger charge is 2.40. The monoisotopic (exact) mass is 470 g/mol. The van der Waals surface area contributed by atoms with Gasteiger partial charge in [0.25, 0.3) is 0 Å². The molecule has 0 saturated heterocycles. The molecule has 2 aromatic rings. The van der Waals surface area contributed by atoms with Crippen molar-refractivity contribution in [1.29, 1.82) is 0 Å². The quantitative estimate of drug-likeness (QED) is 0.365. The lowest BCUT2D eigenvalue weighted by Crippen LogP contribution is -2.45. The summed E-state index contributed by atoms with van der Waals surface area (Å²) in [6, 6.07) is 3.94. The first-order valence-electron chi connectivity index (χ1n) is 9.51. The van der Waals surface area contributed by atoms with Crippen LogP contribution >= 0.6 is 27.5 Å². The van der Waals surface area contributed by atoms with E-state index in [0.717, 1.165) is 46.8 Å². The molecular formula is C20H28BrClN2O2Si. The predicted molar refractivity (Wildman–Crippen MR) is 117 cm³/mol. The Kier molecular flexibility index (Phi) is 6.21. The third-order valence-corrected chi connectivity index (χ3v) is 10.9. The van der Waals surface area contributed by atoms with E-state index in [1.54, 1.807) is 6.20 Å². The molecule has 27 heavy (non-hydrogen) atoms. The van der Waals surface area contributed by atoms with Gasteiger partial charge in [0.05, 0.1) is 6.10 Å². The maximum absolute atomic E-state index is 6.58. The van der Waals surface area contributed by atoms with Gasteiger partial charge in [-0.25, -0.2) is 9.97 Å². The minimum absolute atomic E-state index is 0.176. The van der Waals surface area contributed by atoms with Crippen molar-refractivity contribution in [3.05, 3.63) is 28.1 Å². The van der Waals surface area contributed by atoms with Crippen LogP contribution in [0.15, 0.2) is 22.8 Å². The first-order valence-corrected chi connectivity index (χ1v) is 13.6. The van der Waals surface area contributed by atoms with Crippen LogP contribution in [0.5, 0.6) is 5.75 Å². The average molecular weight is 472 g/mol. The number of halogens is 2. The Labute approximate surface area is 176 Å². The SMILES string of the molecule is CC(C)(C)[Si](C)(C)O[C@H]1CC[C@@H](Oc2cc(Br)cc3cnc(Cl)nc23)CC1. The second-order valence-electron chi connectivity index (χ2n) is 8.88. The summed E-state index contributed by atoms with van der Waals surface area (Å²) in [6.45, 7) is 11.5. The van der Waals surface area contributed by atoms with Crippen molar-refractivity contribution in [2.45, 2.75) is 76.8 Å². The minimum atomic E-state index is -1.72. The largest absolute Gasteiger partial charge is 0.488 e. The van der Waals surface area contributed by atoms with Crippen molar-refractivity contribution in [3.63, 3.8) is 0 Å². The lowest BCUT2D eigenvalue weighted by atomic mass is 9.95. The molecule has 1 aromatic carbocycles. The fraction of sp³-hybridized carbons (Fsp3) is 0.600. The number of hydrogen-bond acceptors (Lipinski definition) is 4. The van der Waals surface area contributed by atoms with Crippen LogP contribution in [0.25, 0.3) is 10.9 Å². The van der Waals surface area contributed by atoms with Crippen molar-refractivity contribution in [2.24, 2.45) is 0 Å². The molecule has 148 valence electrons. The van der Waals surface area contributed by atoms with Gasteiger partial charge in [-0.15, -0.1) is 0 Å². The summed E-state index contributed by atoms with van der Waals surface area (Å²) in [5.74, 6) is 0.762. The zero-order valence-corrected chi connectivity index (χ0v) is 20.0. The van der Waals surface area contributed by atoms with E-state index < -0.39 is 8.32 Å². The van der Waals surface area contributed by atoms with Crippen LogP contribution in [0.1, 0.15) is 46.5 Å². The van der Waals surface area contributed by atoms with E-state index in [-0.39, 0.29) is 16.4 Å². The number of benzene rings is 1. The summed E-state index contributed by atoms with van der Waals surface area (Å²) >= 11 is 9.53. The molecule has 0 atom stereocenters. The summed E-state index contributed by atoms with van der Waals surface area (Å²) < 4.78 is 13.9. The number of aromatic nitrogens is 2. The summed E-state index contributed by atoms with van der Waals surface area (Å²) in [5, 5.41) is 1.40. The molecule has 1 fully saturated rings. The van der Waals surface area contributed by atoms with Crippen molar-refractivity contribution in [1.82, 2.24) is 9.97 Å². The maximum atomic E-state index is 6.58. The second kappa shape index (κ2) is 7.97. The molecule has 1 heterocycles. The molecule has 0 N–H and O–H groups in total. The van der Waals surface area contributed by atoms with Crippen LogP contribution in [0.2, 0.25) is 23.4 Å². The molecule has 1 aliphatic carbocycles. The van der Waals surface area contributed by atoms with Crippen LogP contribution in [0.3, 0.4) is 0 Å². The van der Waals surface area contributed by atoms with E-state index in [2.05, 4.69) is 59.8 Å². The molecular weight excluding hydrogens is 444 g/mol. The van der Waals surface area contributed by atoms with Crippen LogP contribution < -0.4 is 4.74 Å². The minimum Gasteiger partial charge on any atom is -0.488 e. The second-order valence-corrected chi connectivity index (χ2v) is 14.9. The number of hydrogen-bond donors (Lipinski definition) is 0. The topological polar surface area (TPSA) is 44.2 Å². The molecule has 3 rings (SSSR count). The first kappa shape index (κ1) is 21.0. The molecule has 1 saturated carbocycles. The first-order chi connectivity index (χ1) is 12.5. The van der Waals surface area contributed by atoms with Crippen LogP contribution in [-0.2, 0) is 4.43 Å². The average Bonchev–Trinajstić information content (AvgIpc) is 2.56. The van der Waals surface area contributed by atoms with Gasteiger partial charge in [-0.05, 0) is 67.5 Å². The van der Waals surface area contributed by atoms with E-state index in [4.69, 9.17) is 20.8 Å². The predicted octanol–water partition coefficient (Wildman–Crippen LogP) is 6.76. The fourth-order valence-electron chi connectivity index (χ4n) is 3.19. The Bertz CT molecular complexity index is 817. The number of ether oxygens (including phenoxy) is 1. The van der Waals surface area contributed by atoms with Crippen molar-refractivity contribution < 1.29 is 9.16 Å². The van der Waals surface area contributed by atoms with Crippen LogP contribution in [0.4, 0.5) is 0 Å². The summed E-state index contributed by atoms with van der Waals surface area (Å²) in [7, 11) is -1.72. The van der Waals surface area contributed by atoms with E-state index in [1.807, 2.05) is 12.1 Å². The van der Waals surface area contributed by atoms with E-state index in [9.17, 15) is 0 Å². The highest BCUT2D eigenvalue weighted by molar-refractivity contribution is 9.10. The van der Waals surface area contributed by atoms with Gasteiger partial charge in [0.1, 0.15) is 11.3 Å². The standard InChI is InChI=1S/C20H28BrClN2O2Si/c1-20(2,3)27(4,5)26-16-8-6-15(7-9-16)25-17-11-14(21)10-13-12-23-19(22)24-18(13)17/h10-12,15-16H,6-9H2,1-5H3/t15-,16+. The Morgan fingerprint density at radius 3 is 2.37 bits per heavy atom. The Morgan fingerprint density at radius 2 is 1.74 bits per heavy atom. The molecule has 0 amide bonds. The molecule has 0 unspecified atom stereocenters. The van der Waals surface area contributed by atoms with E-state index in [1.165, 1.54) is 0 Å². The maximum Gasteiger partial charge on any atom is 0.223 e. The Balaban J connectivity index is 1.66. The third kappa shape index (κ3) is 5.02. The van der Waals surface area contributed by atoms with Crippen LogP contribution in [-0.4, -0.2) is 30.5 Å². The third-order valence-electron chi connectivity index (χ3n) is 5.77. The van der Waals surface area contributed by atoms with Gasteiger partial charge in [-0.2, -0.15) is 0 Å². The highest BCUT2D eigenvalue weighted by Crippen LogP contribution is 2.39. The Hall–Kier alpha value is -0.693. The van der Waals surface area contributed by atoms with Crippen molar-refractivity contribution in [2.75, 3.05) is 0 Å². The summed E-state index contributed by atoms with van der Waals surface area (Å²) in [6.07, 6.45) is 6.32. The molecule has 0 radical (unpaired) electrons. The van der Waals surface area contributed by atoms with E-state index >= 15 is 0 Å². The molecule has 0 spiro atoms. The molecule has 4 nitrogen and oxygen atoms in total. The van der Waals surface area contributed by atoms with Gasteiger partial charge in [-0.3, -0.25) is 0 Å². The normalized spacial score (nSPS) is 21.4. The zero-order valence-electron chi connectivity index (χ0n) is 16.7. The molecule has 1 aliphatic rings. The lowest BCUT2D eigenvalue weighted by molar-refractivity contribution is 0.0732. The summed E-state index contributed by atoms with van der Waals surface area (Å²) in [4.78, 5) is 8.43. The smallest absolute Gasteiger partial charge is 0.223 e. The van der Waals surface area contributed by atoms with Crippen LogP contribution in [0, 0.1) is 0 Å². The van der Waals surface area contributed by atoms with Gasteiger partial charge in [0.15, 0.2) is 8.32 Å². The molecule has 1 aromatic heterocycles. The van der Waals surface area contributed by atoms with Gasteiger partial charge >= 0.3 is 0 Å².